The van der Waals surface area contributed by atoms with Crippen molar-refractivity contribution < 1.29 is 19.7 Å². The Kier molecular flexibility index (Phi) is 7.42. The maximum atomic E-state index is 13.5. The van der Waals surface area contributed by atoms with E-state index in [1.807, 2.05) is 25.1 Å². The Hall–Kier alpha value is -2.74. The molecule has 0 bridgehead atoms. The van der Waals surface area contributed by atoms with Gasteiger partial charge >= 0.3 is 0 Å². The number of carbonyl (C=O) groups excluding carboxylic acids is 1. The van der Waals surface area contributed by atoms with Gasteiger partial charge in [0.05, 0.1) is 13.2 Å². The van der Waals surface area contributed by atoms with Crippen molar-refractivity contribution in [3.63, 3.8) is 0 Å². The zero-order valence-corrected chi connectivity index (χ0v) is 19.4. The highest BCUT2D eigenvalue weighted by Gasteiger charge is 2.40. The molecule has 2 aromatic heterocycles. The van der Waals surface area contributed by atoms with Crippen LogP contribution in [0.15, 0.2) is 24.4 Å². The van der Waals surface area contributed by atoms with Gasteiger partial charge in [-0.3, -0.25) is 9.78 Å². The molecule has 0 unspecified atom stereocenters. The van der Waals surface area contributed by atoms with Crippen LogP contribution in [0.3, 0.4) is 0 Å². The van der Waals surface area contributed by atoms with E-state index in [9.17, 15) is 15.0 Å². The zero-order chi connectivity index (χ0) is 23.3. The quantitative estimate of drug-likeness (QED) is 0.501. The molecule has 2 aliphatic rings. The van der Waals surface area contributed by atoms with Crippen LogP contribution in [0, 0.1) is 0 Å². The van der Waals surface area contributed by atoms with Crippen LogP contribution >= 0.6 is 0 Å². The number of aliphatic hydroxyl groups excluding tert-OH is 1. The molecule has 2 aliphatic carbocycles. The number of unbranched alkanes of at least 4 members (excludes halogenated alkanes) is 1. The fraction of sp³-hybridized carbons (Fsp3) is 0.600. The van der Waals surface area contributed by atoms with Crippen molar-refractivity contribution in [2.45, 2.75) is 76.2 Å². The Balaban J connectivity index is 1.69. The predicted octanol–water partition coefficient (Wildman–Crippen LogP) is 3.41. The molecule has 2 saturated carbocycles. The largest absolute Gasteiger partial charge is 0.491 e. The molecule has 2 heterocycles. The lowest BCUT2D eigenvalue weighted by Crippen LogP contribution is -2.37. The molecule has 178 valence electrons. The summed E-state index contributed by atoms with van der Waals surface area (Å²) in [6.45, 7) is 2.52. The second-order valence-corrected chi connectivity index (χ2v) is 9.18. The van der Waals surface area contributed by atoms with E-state index in [4.69, 9.17) is 4.74 Å². The van der Waals surface area contributed by atoms with Crippen molar-refractivity contribution in [1.29, 1.82) is 0 Å². The first-order valence-corrected chi connectivity index (χ1v) is 12.1. The predicted molar refractivity (Wildman–Crippen MR) is 123 cm³/mol. The van der Waals surface area contributed by atoms with E-state index < -0.39 is 0 Å². The number of hydrogen-bond acceptors (Lipinski definition) is 7. The monoisotopic (exact) mass is 454 g/mol. The molecule has 4 rings (SSSR count). The summed E-state index contributed by atoms with van der Waals surface area (Å²) in [5.41, 5.74) is 0.879. The number of aliphatic hydroxyl groups is 1. The number of aromatic hydroxyl groups is 1. The molecule has 33 heavy (non-hydrogen) atoms. The number of hydrogen-bond donors (Lipinski definition) is 2. The van der Waals surface area contributed by atoms with Gasteiger partial charge in [-0.15, -0.1) is 0 Å². The molecule has 2 aromatic rings. The van der Waals surface area contributed by atoms with Crippen molar-refractivity contribution in [3.05, 3.63) is 41.6 Å². The summed E-state index contributed by atoms with van der Waals surface area (Å²) in [6.07, 6.45) is 9.95. The number of amides is 1. The van der Waals surface area contributed by atoms with Crippen LogP contribution in [0.4, 0.5) is 0 Å². The second kappa shape index (κ2) is 10.5. The first-order chi connectivity index (χ1) is 16.1. The standard InChI is InChI=1S/C25H34N4O4/c1-2-3-16-33-22-21(24(32)29(14-15-30)18-9-10-18)27-20(28-23(22)31)17-25(11-5-6-12-25)19-8-4-7-13-26-19/h4,7-8,13,18,30H,2-3,5-6,9-12,14-17H2,1H3,(H,27,28,31). The third-order valence-electron chi connectivity index (χ3n) is 6.70. The van der Waals surface area contributed by atoms with E-state index in [2.05, 4.69) is 15.0 Å². The molecule has 2 fully saturated rings. The third kappa shape index (κ3) is 5.27. The van der Waals surface area contributed by atoms with Gasteiger partial charge in [0.1, 0.15) is 5.82 Å². The van der Waals surface area contributed by atoms with Crippen LogP contribution in [-0.4, -0.2) is 61.8 Å². The van der Waals surface area contributed by atoms with Crippen LogP contribution in [0.5, 0.6) is 11.6 Å². The summed E-state index contributed by atoms with van der Waals surface area (Å²) in [6, 6.07) is 6.03. The van der Waals surface area contributed by atoms with Crippen LogP contribution in [0.25, 0.3) is 0 Å². The molecule has 2 N–H and O–H groups in total. The minimum absolute atomic E-state index is 0.0408. The SMILES string of the molecule is CCCCOc1c(O)nc(CC2(c3ccccn3)CCCC2)nc1C(=O)N(CCO)C1CC1. The highest BCUT2D eigenvalue weighted by atomic mass is 16.5. The summed E-state index contributed by atoms with van der Waals surface area (Å²) in [5, 5.41) is 20.3. The average molecular weight is 455 g/mol. The topological polar surface area (TPSA) is 109 Å². The van der Waals surface area contributed by atoms with Gasteiger partial charge in [-0.1, -0.05) is 32.3 Å². The van der Waals surface area contributed by atoms with Crippen LogP contribution < -0.4 is 4.74 Å². The Morgan fingerprint density at radius 2 is 2.03 bits per heavy atom. The molecule has 8 nitrogen and oxygen atoms in total. The Morgan fingerprint density at radius 3 is 2.67 bits per heavy atom. The van der Waals surface area contributed by atoms with Crippen molar-refractivity contribution in [2.75, 3.05) is 19.8 Å². The molecular weight excluding hydrogens is 420 g/mol. The lowest BCUT2D eigenvalue weighted by atomic mass is 9.79. The van der Waals surface area contributed by atoms with E-state index in [0.717, 1.165) is 57.1 Å². The molecule has 0 spiro atoms. The Morgan fingerprint density at radius 1 is 1.24 bits per heavy atom. The van der Waals surface area contributed by atoms with E-state index in [1.165, 1.54) is 0 Å². The molecule has 0 radical (unpaired) electrons. The van der Waals surface area contributed by atoms with Crippen molar-refractivity contribution in [3.8, 4) is 11.6 Å². The lowest BCUT2D eigenvalue weighted by molar-refractivity contribution is 0.0694. The van der Waals surface area contributed by atoms with Crippen molar-refractivity contribution in [2.24, 2.45) is 0 Å². The van der Waals surface area contributed by atoms with Gasteiger partial charge in [-0.2, -0.15) is 4.98 Å². The molecule has 8 heteroatoms. The van der Waals surface area contributed by atoms with E-state index in [0.29, 0.717) is 18.9 Å². The van der Waals surface area contributed by atoms with Gasteiger partial charge in [0.15, 0.2) is 5.69 Å². The maximum Gasteiger partial charge on any atom is 0.276 e. The summed E-state index contributed by atoms with van der Waals surface area (Å²) >= 11 is 0. The van der Waals surface area contributed by atoms with Crippen LogP contribution in [0.1, 0.15) is 80.3 Å². The van der Waals surface area contributed by atoms with Gasteiger partial charge in [-0.05, 0) is 44.2 Å². The smallest absolute Gasteiger partial charge is 0.276 e. The summed E-state index contributed by atoms with van der Waals surface area (Å²) in [5.74, 6) is -0.159. The second-order valence-electron chi connectivity index (χ2n) is 9.18. The number of carbonyl (C=O) groups is 1. The highest BCUT2D eigenvalue weighted by Crippen LogP contribution is 2.43. The molecule has 0 aliphatic heterocycles. The van der Waals surface area contributed by atoms with Crippen molar-refractivity contribution in [1.82, 2.24) is 19.9 Å². The number of nitrogens with zero attached hydrogens (tertiary/aromatic N) is 4. The third-order valence-corrected chi connectivity index (χ3v) is 6.70. The highest BCUT2D eigenvalue weighted by molar-refractivity contribution is 5.96. The molecule has 0 atom stereocenters. The molecular formula is C25H34N4O4. The first-order valence-electron chi connectivity index (χ1n) is 12.1. The van der Waals surface area contributed by atoms with E-state index in [1.54, 1.807) is 11.1 Å². The van der Waals surface area contributed by atoms with Crippen molar-refractivity contribution >= 4 is 5.91 Å². The Labute approximate surface area is 195 Å². The lowest BCUT2D eigenvalue weighted by Gasteiger charge is -2.28. The minimum Gasteiger partial charge on any atom is -0.491 e. The van der Waals surface area contributed by atoms with Crippen LogP contribution in [0.2, 0.25) is 0 Å². The number of pyridine rings is 1. The van der Waals surface area contributed by atoms with Gasteiger partial charge in [0.2, 0.25) is 5.75 Å². The Bertz CT molecular complexity index is 943. The van der Waals surface area contributed by atoms with Gasteiger partial charge in [0, 0.05) is 36.3 Å². The summed E-state index contributed by atoms with van der Waals surface area (Å²) < 4.78 is 5.80. The summed E-state index contributed by atoms with van der Waals surface area (Å²) in [7, 11) is 0. The van der Waals surface area contributed by atoms with E-state index in [-0.39, 0.29) is 47.8 Å². The number of aromatic nitrogens is 3. The summed E-state index contributed by atoms with van der Waals surface area (Å²) in [4.78, 5) is 28.8. The van der Waals surface area contributed by atoms with Gasteiger partial charge in [0.25, 0.3) is 11.8 Å². The van der Waals surface area contributed by atoms with Crippen LogP contribution in [-0.2, 0) is 11.8 Å². The molecule has 1 amide bonds. The fourth-order valence-electron chi connectivity index (χ4n) is 4.79. The molecule has 0 aromatic carbocycles. The fourth-order valence-corrected chi connectivity index (χ4v) is 4.79. The molecule has 0 saturated heterocycles. The van der Waals surface area contributed by atoms with Gasteiger partial charge < -0.3 is 19.8 Å². The number of rotatable bonds is 11. The first kappa shape index (κ1) is 23.4. The zero-order valence-electron chi connectivity index (χ0n) is 19.4. The normalized spacial score (nSPS) is 17.2. The minimum atomic E-state index is -0.324. The maximum absolute atomic E-state index is 13.5. The van der Waals surface area contributed by atoms with E-state index >= 15 is 0 Å². The average Bonchev–Trinajstić information content (AvgIpc) is 3.56. The number of ether oxygens (including phenoxy) is 1. The van der Waals surface area contributed by atoms with Gasteiger partial charge in [-0.25, -0.2) is 4.98 Å².